The van der Waals surface area contributed by atoms with Gasteiger partial charge < -0.3 is 15.6 Å². The molecule has 28 heavy (non-hydrogen) atoms. The van der Waals surface area contributed by atoms with Crippen LogP contribution in [0.3, 0.4) is 0 Å². The van der Waals surface area contributed by atoms with Gasteiger partial charge in [-0.15, -0.1) is 0 Å². The molecule has 0 amide bonds. The molecule has 7 atom stereocenters. The number of hydrogen-bond donors (Lipinski definition) is 5. The summed E-state index contributed by atoms with van der Waals surface area (Å²) in [5.41, 5.74) is 8.70. The Morgan fingerprint density at radius 1 is 1.04 bits per heavy atom. The summed E-state index contributed by atoms with van der Waals surface area (Å²) in [7, 11) is 0. The maximum atomic E-state index is 13.7. The first-order valence-corrected chi connectivity index (χ1v) is 10.5. The van der Waals surface area contributed by atoms with E-state index in [1.165, 1.54) is 0 Å². The zero-order chi connectivity index (χ0) is 19.9. The predicted molar refractivity (Wildman–Crippen MR) is 96.7 cm³/mol. The number of nitrogens with zero attached hydrogens (tertiary/aromatic N) is 1. The topological polar surface area (TPSA) is 94.8 Å². The van der Waals surface area contributed by atoms with Crippen molar-refractivity contribution in [1.82, 2.24) is 21.1 Å². The van der Waals surface area contributed by atoms with Crippen molar-refractivity contribution in [2.75, 3.05) is 6.54 Å². The summed E-state index contributed by atoms with van der Waals surface area (Å²) in [4.78, 5) is 2.51. The molecule has 0 aromatic heterocycles. The van der Waals surface area contributed by atoms with Gasteiger partial charge in [0.25, 0.3) is 0 Å². The number of fused-ring (bicyclic) bond motifs is 7. The second kappa shape index (κ2) is 7.98. The third kappa shape index (κ3) is 3.80. The molecule has 162 valence electrons. The highest BCUT2D eigenvalue weighted by Gasteiger charge is 2.61. The van der Waals surface area contributed by atoms with Crippen molar-refractivity contribution in [1.29, 1.82) is 0 Å². The normalized spacial score (nSPS) is 46.2. The van der Waals surface area contributed by atoms with Gasteiger partial charge in [0.2, 0.25) is 5.60 Å². The van der Waals surface area contributed by atoms with E-state index in [9.17, 15) is 18.3 Å². The van der Waals surface area contributed by atoms with Gasteiger partial charge in [0, 0.05) is 12.1 Å². The number of halogens is 3. The van der Waals surface area contributed by atoms with Crippen LogP contribution >= 0.6 is 0 Å². The van der Waals surface area contributed by atoms with E-state index in [0.717, 1.165) is 45.1 Å². The minimum atomic E-state index is -4.79. The number of alkyl halides is 3. The molecule has 4 fully saturated rings. The molecule has 0 aliphatic carbocycles. The Kier molecular flexibility index (Phi) is 5.92. The van der Waals surface area contributed by atoms with Crippen LogP contribution in [-0.4, -0.2) is 65.1 Å². The van der Waals surface area contributed by atoms with Gasteiger partial charge in [-0.05, 0) is 45.1 Å². The van der Waals surface area contributed by atoms with Crippen LogP contribution < -0.4 is 21.9 Å². The molecule has 4 bridgehead atoms. The fraction of sp³-hybridized carbons (Fsp3) is 1.00. The monoisotopic (exact) mass is 407 g/mol. The Morgan fingerprint density at radius 3 is 2.61 bits per heavy atom. The Hall–Kier alpha value is -0.490. The molecule has 7 nitrogen and oxygen atoms in total. The molecule has 0 radical (unpaired) electrons. The smallest absolute Gasteiger partial charge is 0.377 e. The number of nitrogens with one attached hydrogen (secondary N) is 3. The lowest BCUT2D eigenvalue weighted by Crippen LogP contribution is -2.65. The van der Waals surface area contributed by atoms with Crippen LogP contribution in [0, 0.1) is 0 Å². The van der Waals surface area contributed by atoms with Crippen molar-refractivity contribution in [3.8, 4) is 0 Å². The standard InChI is InChI=1S/C18H32F3N5O2/c19-18(20,21)17(27)9-3-1-2-5-11-6-4-10-26(11)13-8-7-12(22)14(23-13)15-24-25-16(17)28-15/h11-16,23-25,27H,1-10,22H2/t11-,12?,13?,14?,15?,16?,17?/m1/s1. The van der Waals surface area contributed by atoms with Gasteiger partial charge >= 0.3 is 6.18 Å². The third-order valence-corrected chi connectivity index (χ3v) is 6.93. The molecule has 4 heterocycles. The van der Waals surface area contributed by atoms with Gasteiger partial charge in [-0.3, -0.25) is 10.2 Å². The van der Waals surface area contributed by atoms with Crippen molar-refractivity contribution in [3.63, 3.8) is 0 Å². The average Bonchev–Trinajstić information content (AvgIpc) is 3.30. The average molecular weight is 407 g/mol. The first kappa shape index (κ1) is 20.8. The van der Waals surface area contributed by atoms with E-state index in [2.05, 4.69) is 21.1 Å². The summed E-state index contributed by atoms with van der Waals surface area (Å²) in [6.45, 7) is 1.04. The van der Waals surface area contributed by atoms with Crippen LogP contribution in [-0.2, 0) is 4.74 Å². The van der Waals surface area contributed by atoms with Gasteiger partial charge in [0.15, 0.2) is 6.23 Å². The lowest BCUT2D eigenvalue weighted by molar-refractivity contribution is -0.300. The van der Waals surface area contributed by atoms with E-state index in [1.54, 1.807) is 0 Å². The van der Waals surface area contributed by atoms with E-state index in [0.29, 0.717) is 18.9 Å². The molecule has 10 heteroatoms. The Morgan fingerprint density at radius 2 is 1.82 bits per heavy atom. The molecule has 4 aliphatic rings. The van der Waals surface area contributed by atoms with Crippen molar-refractivity contribution in [2.45, 2.75) is 106 Å². The first-order chi connectivity index (χ1) is 13.3. The molecule has 6 N–H and O–H groups in total. The molecule has 0 aromatic rings. The SMILES string of the molecule is NC1CCC2NC1C1NNC(O1)C(O)(C(F)(F)F)CCCCC[C@@H]1CCCN21. The molecule has 0 aromatic carbocycles. The number of aliphatic hydroxyl groups is 1. The van der Waals surface area contributed by atoms with E-state index in [4.69, 9.17) is 10.5 Å². The Labute approximate surface area is 163 Å². The predicted octanol–water partition coefficient (Wildman–Crippen LogP) is 0.890. The minimum Gasteiger partial charge on any atom is -0.377 e. The summed E-state index contributed by atoms with van der Waals surface area (Å²) in [6, 6.07) is -0.111. The van der Waals surface area contributed by atoms with Crippen LogP contribution in [0.15, 0.2) is 0 Å². The van der Waals surface area contributed by atoms with Crippen molar-refractivity contribution in [2.24, 2.45) is 5.73 Å². The van der Waals surface area contributed by atoms with E-state index >= 15 is 0 Å². The number of rotatable bonds is 0. The Bertz CT molecular complexity index is 554. The summed E-state index contributed by atoms with van der Waals surface area (Å²) in [5.74, 6) is 0. The molecule has 0 spiro atoms. The number of ether oxygens (including phenoxy) is 1. The second-order valence-corrected chi connectivity index (χ2v) is 8.73. The molecule has 0 saturated carbocycles. The molecule has 4 saturated heterocycles. The highest BCUT2D eigenvalue weighted by Crippen LogP contribution is 2.40. The maximum Gasteiger partial charge on any atom is 0.421 e. The van der Waals surface area contributed by atoms with E-state index in [1.807, 2.05) is 0 Å². The quantitative estimate of drug-likeness (QED) is 0.407. The van der Waals surface area contributed by atoms with Crippen molar-refractivity contribution < 1.29 is 23.0 Å². The summed E-state index contributed by atoms with van der Waals surface area (Å²) >= 11 is 0. The number of nitrogens with two attached hydrogens (primary N) is 1. The highest BCUT2D eigenvalue weighted by atomic mass is 19.4. The number of piperidine rings is 1. The van der Waals surface area contributed by atoms with Gasteiger partial charge in [0.1, 0.15) is 6.23 Å². The number of hydrogen-bond acceptors (Lipinski definition) is 7. The molecular formula is C18H32F3N5O2. The van der Waals surface area contributed by atoms with Crippen molar-refractivity contribution in [3.05, 3.63) is 0 Å². The summed E-state index contributed by atoms with van der Waals surface area (Å²) in [6.07, 6.45) is -0.513. The third-order valence-electron chi connectivity index (χ3n) is 6.93. The van der Waals surface area contributed by atoms with Crippen LogP contribution in [0.4, 0.5) is 13.2 Å². The van der Waals surface area contributed by atoms with Gasteiger partial charge in [-0.25, -0.2) is 10.9 Å². The molecule has 6 unspecified atom stereocenters. The summed E-state index contributed by atoms with van der Waals surface area (Å²) < 4.78 is 46.8. The number of hydrazine groups is 1. The van der Waals surface area contributed by atoms with Gasteiger partial charge in [-0.2, -0.15) is 13.2 Å². The highest BCUT2D eigenvalue weighted by molar-refractivity contribution is 5.00. The zero-order valence-electron chi connectivity index (χ0n) is 16.0. The lowest BCUT2D eigenvalue weighted by Gasteiger charge is -2.44. The van der Waals surface area contributed by atoms with Crippen molar-refractivity contribution >= 4 is 0 Å². The zero-order valence-corrected chi connectivity index (χ0v) is 16.0. The molecule has 4 aliphatic heterocycles. The van der Waals surface area contributed by atoms with Gasteiger partial charge in [0.05, 0.1) is 12.2 Å². The van der Waals surface area contributed by atoms with Crippen LogP contribution in [0.2, 0.25) is 0 Å². The first-order valence-electron chi connectivity index (χ1n) is 10.5. The van der Waals surface area contributed by atoms with E-state index < -0.39 is 24.2 Å². The molecule has 4 rings (SSSR count). The second-order valence-electron chi connectivity index (χ2n) is 8.73. The fourth-order valence-corrected chi connectivity index (χ4v) is 5.26. The van der Waals surface area contributed by atoms with Crippen LogP contribution in [0.1, 0.15) is 57.8 Å². The van der Waals surface area contributed by atoms with Crippen LogP contribution in [0.5, 0.6) is 0 Å². The summed E-state index contributed by atoms with van der Waals surface area (Å²) in [5, 5.41) is 14.1. The largest absolute Gasteiger partial charge is 0.421 e. The van der Waals surface area contributed by atoms with Crippen LogP contribution in [0.25, 0.3) is 0 Å². The molecular weight excluding hydrogens is 375 g/mol. The van der Waals surface area contributed by atoms with Gasteiger partial charge in [-0.1, -0.05) is 19.3 Å². The Balaban J connectivity index is 1.57. The fourth-order valence-electron chi connectivity index (χ4n) is 5.26. The minimum absolute atomic E-state index is 0.159. The maximum absolute atomic E-state index is 13.7. The lowest BCUT2D eigenvalue weighted by atomic mass is 9.91. The van der Waals surface area contributed by atoms with E-state index in [-0.39, 0.29) is 24.7 Å².